The van der Waals surface area contributed by atoms with Crippen molar-refractivity contribution in [3.05, 3.63) is 247 Å². The summed E-state index contributed by atoms with van der Waals surface area (Å²) in [6.45, 7) is 12.7. The summed E-state index contributed by atoms with van der Waals surface area (Å²) in [6, 6.07) is 41.1. The van der Waals surface area contributed by atoms with E-state index in [1.54, 1.807) is 0 Å². The average Bonchev–Trinajstić information content (AvgIpc) is 4.17. The fourth-order valence-corrected chi connectivity index (χ4v) is 12.4. The maximum atomic E-state index is 15.7. The van der Waals surface area contributed by atoms with Gasteiger partial charge < -0.3 is 9.97 Å². The smallest absolute Gasteiger partial charge is 0.659 e. The van der Waals surface area contributed by atoms with Gasteiger partial charge in [-0.1, -0.05) is 132 Å². The van der Waals surface area contributed by atoms with Crippen molar-refractivity contribution in [3.8, 4) is 0 Å². The second-order valence-electron chi connectivity index (χ2n) is 18.7. The molecule has 13 rings (SSSR count). The molecule has 0 N–H and O–H groups in total. The predicted octanol–water partition coefficient (Wildman–Crippen LogP) is 12.0. The van der Waals surface area contributed by atoms with Crippen LogP contribution in [0.2, 0.25) is 0 Å². The van der Waals surface area contributed by atoms with E-state index in [2.05, 4.69) is 102 Å². The number of carbonyl (C=O) groups is 2. The third-order valence-corrected chi connectivity index (χ3v) is 14.8. The van der Waals surface area contributed by atoms with Crippen LogP contribution in [-0.4, -0.2) is 23.0 Å². The molecule has 2 atom stereocenters. The number of Topliss-reactive ketones (excluding diaryl/α,β-unsaturated/α-hetero) is 2. The molecule has 8 bridgehead atoms. The zero-order valence-electron chi connectivity index (χ0n) is 37.8. The summed E-state index contributed by atoms with van der Waals surface area (Å²) in [5, 5.41) is 3.83. The monoisotopic (exact) mass is 913 g/mol. The van der Waals surface area contributed by atoms with E-state index in [0.717, 1.165) is 88.3 Å². The van der Waals surface area contributed by atoms with Gasteiger partial charge in [0, 0.05) is 11.1 Å². The summed E-state index contributed by atoms with van der Waals surface area (Å²) < 4.78 is 0. The fourth-order valence-electron chi connectivity index (χ4n) is 12.4. The molecule has 5 aliphatic rings. The second kappa shape index (κ2) is 14.3. The zero-order chi connectivity index (χ0) is 45.0. The first kappa shape index (κ1) is 41.0. The van der Waals surface area contributed by atoms with E-state index in [4.69, 9.17) is 20.0 Å². The van der Waals surface area contributed by atoms with Gasteiger partial charge in [-0.15, -0.1) is 22.8 Å². The standard InChI is InChI=1S/C60H42N4O2.Cu/c1-31-27-33(3)51(34(4)28-31)55-43-19-23-47(61-43)59(41-17-9-13-37-11-7-15-39(53(37)41)57(59)65)49-25-21-45(63-49)56(52-35(5)29-32(2)30-36(52)6)46-22-26-50(64-46)60(48-24-20-44(55)62-48)42-18-10-14-38-12-8-16-40(54(38)42)58(60)66;/h7-30H,1-6H3;/q-2;+2/t59-,60-;. The Morgan fingerprint density at radius 2 is 0.821 bits per heavy atom. The van der Waals surface area contributed by atoms with Crippen LogP contribution in [0.4, 0.5) is 0 Å². The van der Waals surface area contributed by atoms with Crippen LogP contribution in [0.25, 0.3) is 32.7 Å². The molecule has 67 heavy (non-hydrogen) atoms. The summed E-state index contributed by atoms with van der Waals surface area (Å²) in [5.74, 6) is -0.118. The van der Waals surface area contributed by atoms with E-state index in [1.165, 1.54) is 0 Å². The molecule has 1 radical (unpaired) electrons. The molecule has 6 nitrogen and oxygen atoms in total. The number of hydrogen-bond donors (Lipinski definition) is 0. The van der Waals surface area contributed by atoms with Crippen LogP contribution >= 0.6 is 0 Å². The summed E-state index contributed by atoms with van der Waals surface area (Å²) >= 11 is 0. The van der Waals surface area contributed by atoms with Crippen molar-refractivity contribution in [1.82, 2.24) is 9.97 Å². The van der Waals surface area contributed by atoms with Crippen LogP contribution in [0.5, 0.6) is 0 Å². The number of rotatable bonds is 2. The van der Waals surface area contributed by atoms with Crippen LogP contribution in [0.1, 0.15) is 99.1 Å². The molecule has 0 saturated heterocycles. The molecule has 6 aromatic carbocycles. The summed E-state index contributed by atoms with van der Waals surface area (Å²) in [5.41, 5.74) is 15.7. The van der Waals surface area contributed by atoms with E-state index < -0.39 is 10.8 Å². The Kier molecular flexibility index (Phi) is 8.74. The maximum Gasteiger partial charge on any atom is 2.00 e. The summed E-state index contributed by atoms with van der Waals surface area (Å²) in [4.78, 5) is 53.8. The number of hydrogen-bond acceptors (Lipinski definition) is 4. The Bertz CT molecular complexity index is 3520. The van der Waals surface area contributed by atoms with Gasteiger partial charge in [0.2, 0.25) is 0 Å². The van der Waals surface area contributed by atoms with Crippen LogP contribution in [0, 0.1) is 41.5 Å². The van der Waals surface area contributed by atoms with E-state index >= 15 is 9.59 Å². The topological polar surface area (TPSA) is 87.1 Å². The number of aromatic nitrogens is 2. The number of aliphatic imine (C=N–C) groups is 2. The van der Waals surface area contributed by atoms with Crippen molar-refractivity contribution in [2.24, 2.45) is 9.98 Å². The van der Waals surface area contributed by atoms with E-state index in [1.807, 2.05) is 85.0 Å². The number of benzene rings is 6. The van der Waals surface area contributed by atoms with E-state index in [-0.39, 0.29) is 28.6 Å². The van der Waals surface area contributed by atoms with Gasteiger partial charge in [0.1, 0.15) is 10.8 Å². The SMILES string of the molecule is Cc1cc(C)c(/C2=C3\C=CC(=N3)[C@]3(C(=O)c4cccc5cccc3c45)c3ccc([n-]3)/C(c3c(C)cc(C)cc3C)=C3/C=CC(=N3)[C@@]3(C(=O)c4cccc5cccc3c45)c3ccc2[n-]3)c(C)c1.[Cu+2]. The minimum Gasteiger partial charge on any atom is -0.659 e. The minimum absolute atomic E-state index is 0. The van der Waals surface area contributed by atoms with Crippen molar-refractivity contribution in [1.29, 1.82) is 0 Å². The van der Waals surface area contributed by atoms with Crippen LogP contribution in [0.3, 0.4) is 0 Å². The fraction of sp³-hybridized carbons (Fsp3) is 0.133. The molecule has 0 saturated carbocycles. The zero-order valence-corrected chi connectivity index (χ0v) is 38.7. The van der Waals surface area contributed by atoms with E-state index in [9.17, 15) is 0 Å². The molecule has 0 unspecified atom stereocenters. The molecule has 8 aromatic rings. The minimum atomic E-state index is -1.36. The van der Waals surface area contributed by atoms with Crippen molar-refractivity contribution >= 4 is 55.7 Å². The third-order valence-electron chi connectivity index (χ3n) is 14.8. The first-order chi connectivity index (χ1) is 32.0. The molecule has 2 spiro atoms. The first-order valence-electron chi connectivity index (χ1n) is 22.6. The van der Waals surface area contributed by atoms with Gasteiger partial charge >= 0.3 is 17.1 Å². The van der Waals surface area contributed by atoms with Crippen molar-refractivity contribution in [3.63, 3.8) is 0 Å². The van der Waals surface area contributed by atoms with Gasteiger partial charge in [0.25, 0.3) is 0 Å². The molecule has 0 amide bonds. The number of fused-ring (bicyclic) bond motifs is 12. The first-order valence-corrected chi connectivity index (χ1v) is 22.6. The summed E-state index contributed by atoms with van der Waals surface area (Å²) in [7, 11) is 0. The Morgan fingerprint density at radius 1 is 0.448 bits per heavy atom. The van der Waals surface area contributed by atoms with Crippen molar-refractivity contribution < 1.29 is 26.7 Å². The van der Waals surface area contributed by atoms with Gasteiger partial charge in [0.05, 0.1) is 22.8 Å². The van der Waals surface area contributed by atoms with E-state index in [0.29, 0.717) is 56.7 Å². The van der Waals surface area contributed by atoms with Gasteiger partial charge in [0.15, 0.2) is 11.6 Å². The third kappa shape index (κ3) is 5.27. The maximum absolute atomic E-state index is 15.7. The molecule has 2 aromatic heterocycles. The molecule has 5 heterocycles. The quantitative estimate of drug-likeness (QED) is 0.162. The molecule has 0 fully saturated rings. The Hall–Kier alpha value is -7.44. The molecule has 7 heteroatoms. The van der Waals surface area contributed by atoms with Gasteiger partial charge in [-0.2, -0.15) is 0 Å². The van der Waals surface area contributed by atoms with Crippen molar-refractivity contribution in [2.45, 2.75) is 52.4 Å². The molecule has 325 valence electrons. The molecule has 3 aliphatic heterocycles. The van der Waals surface area contributed by atoms with Crippen LogP contribution in [0.15, 0.2) is 167 Å². The number of carbonyl (C=O) groups excluding carboxylic acids is 2. The molecular weight excluding hydrogens is 872 g/mol. The second-order valence-corrected chi connectivity index (χ2v) is 18.7. The van der Waals surface area contributed by atoms with Crippen LogP contribution < -0.4 is 9.97 Å². The van der Waals surface area contributed by atoms with Crippen molar-refractivity contribution in [2.75, 3.05) is 0 Å². The Balaban J connectivity index is 0.00000468. The largest absolute Gasteiger partial charge is 2.00 e. The van der Waals surface area contributed by atoms with Crippen LogP contribution in [-0.2, 0) is 27.9 Å². The number of ketones is 2. The Morgan fingerprint density at radius 3 is 1.21 bits per heavy atom. The number of aryl methyl sites for hydroxylation is 6. The average molecular weight is 915 g/mol. The van der Waals surface area contributed by atoms with Gasteiger partial charge in [-0.3, -0.25) is 19.6 Å². The predicted molar refractivity (Wildman–Crippen MR) is 264 cm³/mol. The number of nitrogens with zero attached hydrogens (tertiary/aromatic N) is 4. The Labute approximate surface area is 399 Å². The molecule has 2 aliphatic carbocycles. The normalized spacial score (nSPS) is 21.9. The van der Waals surface area contributed by atoms with Gasteiger partial charge in [-0.25, -0.2) is 0 Å². The number of allylic oxidation sites excluding steroid dienone is 4. The van der Waals surface area contributed by atoms with Gasteiger partial charge in [-0.05, 0) is 143 Å². The summed E-state index contributed by atoms with van der Waals surface area (Å²) in [6.07, 6.45) is 8.09. The molecular formula is C60H42CuN4O2.